The number of pyridine rings is 1. The van der Waals surface area contributed by atoms with Crippen molar-refractivity contribution in [2.75, 3.05) is 10.6 Å². The van der Waals surface area contributed by atoms with Gasteiger partial charge in [0.25, 0.3) is 0 Å². The van der Waals surface area contributed by atoms with E-state index in [1.54, 1.807) is 10.9 Å². The van der Waals surface area contributed by atoms with Crippen LogP contribution >= 0.6 is 0 Å². The molecule has 2 aromatic carbocycles. The maximum atomic E-state index is 12.7. The second-order valence-electron chi connectivity index (χ2n) is 8.65. The van der Waals surface area contributed by atoms with Gasteiger partial charge in [-0.1, -0.05) is 39.0 Å². The van der Waals surface area contributed by atoms with Crippen molar-refractivity contribution in [1.82, 2.24) is 14.8 Å². The maximum Gasteiger partial charge on any atom is 0.324 e. The number of nitrogens with one attached hydrogen (secondary N) is 2. The Kier molecular flexibility index (Phi) is 9.71. The molecule has 2 amide bonds. The van der Waals surface area contributed by atoms with Gasteiger partial charge in [-0.15, -0.1) is 12.1 Å². The van der Waals surface area contributed by atoms with E-state index in [2.05, 4.69) is 42.5 Å². The normalized spacial score (nSPS) is 10.6. The predicted molar refractivity (Wildman–Crippen MR) is 134 cm³/mol. The SMILES string of the molecule is CC(C)(C)c1cc(NC(=O)Nc2ccc(Cc3cccnc3)cc2)n(-c2cc[c-]cc2)n1.[CH3-].[Y]. The largest absolute Gasteiger partial charge is 0.358 e. The Labute approximate surface area is 227 Å². The Bertz CT molecular complexity index is 1180. The number of carbonyl (C=O) groups excluding carboxylic acids is 1. The zero-order valence-electron chi connectivity index (χ0n) is 20.0. The molecule has 2 N–H and O–H groups in total. The summed E-state index contributed by atoms with van der Waals surface area (Å²) in [6, 6.07) is 23.8. The average molecular weight is 528 g/mol. The van der Waals surface area contributed by atoms with Gasteiger partial charge in [-0.3, -0.25) is 10.3 Å². The number of hydrogen-bond donors (Lipinski definition) is 2. The third kappa shape index (κ3) is 7.08. The quantitative estimate of drug-likeness (QED) is 0.310. The molecule has 0 aliphatic rings. The molecule has 0 fully saturated rings. The van der Waals surface area contributed by atoms with Crippen LogP contribution in [0.2, 0.25) is 0 Å². The predicted octanol–water partition coefficient (Wildman–Crippen LogP) is 6.05. The van der Waals surface area contributed by atoms with E-state index in [-0.39, 0.29) is 51.6 Å². The summed E-state index contributed by atoms with van der Waals surface area (Å²) in [5.41, 5.74) is 4.61. The van der Waals surface area contributed by atoms with Crippen LogP contribution < -0.4 is 10.6 Å². The molecule has 173 valence electrons. The van der Waals surface area contributed by atoms with Crippen LogP contribution in [0.25, 0.3) is 5.69 Å². The van der Waals surface area contributed by atoms with E-state index in [1.807, 2.05) is 72.9 Å². The molecule has 7 heteroatoms. The molecule has 2 heterocycles. The molecule has 2 aromatic heterocycles. The molecule has 0 spiro atoms. The summed E-state index contributed by atoms with van der Waals surface area (Å²) in [5.74, 6) is 0.604. The molecule has 6 nitrogen and oxygen atoms in total. The standard InChI is InChI=1S/C26H26N5O.CH3.Y/c1-26(2,3)23-17-24(31(30-23)22-9-5-4-6-10-22)29-25(32)28-21-13-11-19(12-14-21)16-20-8-7-15-27-18-20;;/h5-15,17-18H,16H2,1-3H3,(H2,28,29,32);1H3;/q2*-1;. The van der Waals surface area contributed by atoms with Gasteiger partial charge in [-0.2, -0.15) is 23.3 Å². The van der Waals surface area contributed by atoms with Crippen molar-refractivity contribution in [1.29, 1.82) is 0 Å². The van der Waals surface area contributed by atoms with Crippen molar-refractivity contribution in [3.8, 4) is 5.69 Å². The van der Waals surface area contributed by atoms with E-state index in [4.69, 9.17) is 5.10 Å². The number of urea groups is 1. The molecule has 0 aliphatic heterocycles. The molecule has 0 atom stereocenters. The zero-order valence-corrected chi connectivity index (χ0v) is 22.9. The molecular weight excluding hydrogens is 499 g/mol. The van der Waals surface area contributed by atoms with Gasteiger partial charge in [-0.05, 0) is 41.4 Å². The number of aromatic nitrogens is 3. The van der Waals surface area contributed by atoms with E-state index in [9.17, 15) is 4.79 Å². The number of nitrogens with zero attached hydrogens (tertiary/aromatic N) is 3. The maximum absolute atomic E-state index is 12.7. The van der Waals surface area contributed by atoms with E-state index in [1.165, 1.54) is 0 Å². The first-order valence-electron chi connectivity index (χ1n) is 10.5. The van der Waals surface area contributed by atoms with E-state index in [0.717, 1.165) is 28.9 Å². The number of benzene rings is 2. The third-order valence-electron chi connectivity index (χ3n) is 5.01. The Morgan fingerprint density at radius 1 is 1.00 bits per heavy atom. The molecule has 4 rings (SSSR count). The van der Waals surface area contributed by atoms with Crippen LogP contribution in [0.5, 0.6) is 0 Å². The van der Waals surface area contributed by atoms with Gasteiger partial charge < -0.3 is 12.7 Å². The van der Waals surface area contributed by atoms with Crippen molar-refractivity contribution in [3.05, 3.63) is 109 Å². The molecule has 34 heavy (non-hydrogen) atoms. The Morgan fingerprint density at radius 2 is 1.71 bits per heavy atom. The van der Waals surface area contributed by atoms with Gasteiger partial charge >= 0.3 is 6.03 Å². The first kappa shape index (κ1) is 27.4. The summed E-state index contributed by atoms with van der Waals surface area (Å²) in [4.78, 5) is 16.9. The Morgan fingerprint density at radius 3 is 2.32 bits per heavy atom. The second-order valence-corrected chi connectivity index (χ2v) is 8.65. The number of amides is 2. The van der Waals surface area contributed by atoms with Crippen LogP contribution in [0.4, 0.5) is 16.3 Å². The first-order chi connectivity index (χ1) is 15.4. The van der Waals surface area contributed by atoms with Gasteiger partial charge in [0, 0.05) is 62.3 Å². The number of rotatable bonds is 5. The van der Waals surface area contributed by atoms with Gasteiger partial charge in [0.1, 0.15) is 5.82 Å². The van der Waals surface area contributed by atoms with E-state index < -0.39 is 0 Å². The summed E-state index contributed by atoms with van der Waals surface area (Å²) < 4.78 is 1.74. The van der Waals surface area contributed by atoms with Crippen LogP contribution in [0, 0.1) is 13.5 Å². The second kappa shape index (κ2) is 12.0. The molecule has 4 aromatic rings. The topological polar surface area (TPSA) is 71.8 Å². The van der Waals surface area contributed by atoms with Crippen LogP contribution in [-0.2, 0) is 44.5 Å². The molecule has 0 saturated carbocycles. The fourth-order valence-electron chi connectivity index (χ4n) is 3.28. The van der Waals surface area contributed by atoms with Gasteiger partial charge in [0.2, 0.25) is 0 Å². The minimum atomic E-state index is -0.325. The minimum absolute atomic E-state index is 0. The third-order valence-corrected chi connectivity index (χ3v) is 5.01. The minimum Gasteiger partial charge on any atom is -0.358 e. The Balaban J connectivity index is 0.00000204. The zero-order chi connectivity index (χ0) is 22.6. The van der Waals surface area contributed by atoms with Crippen LogP contribution in [0.15, 0.2) is 79.1 Å². The first-order valence-corrected chi connectivity index (χ1v) is 10.5. The molecule has 0 aliphatic carbocycles. The van der Waals surface area contributed by atoms with Crippen molar-refractivity contribution < 1.29 is 37.5 Å². The monoisotopic (exact) mass is 528 g/mol. The Hall–Kier alpha value is -2.83. The number of carbonyl (C=O) groups is 1. The summed E-state index contributed by atoms with van der Waals surface area (Å²) in [6.07, 6.45) is 4.42. The smallest absolute Gasteiger partial charge is 0.324 e. The summed E-state index contributed by atoms with van der Waals surface area (Å²) >= 11 is 0. The van der Waals surface area contributed by atoms with Crippen LogP contribution in [-0.4, -0.2) is 20.8 Å². The van der Waals surface area contributed by atoms with Gasteiger partial charge in [-0.25, -0.2) is 9.48 Å². The summed E-state index contributed by atoms with van der Waals surface area (Å²) in [6.45, 7) is 6.28. The molecule has 1 radical (unpaired) electrons. The van der Waals surface area contributed by atoms with Crippen LogP contribution in [0.3, 0.4) is 0 Å². The fourth-order valence-corrected chi connectivity index (χ4v) is 3.28. The van der Waals surface area contributed by atoms with E-state index in [0.29, 0.717) is 11.5 Å². The van der Waals surface area contributed by atoms with E-state index >= 15 is 0 Å². The van der Waals surface area contributed by atoms with Crippen LogP contribution in [0.1, 0.15) is 37.6 Å². The molecule has 0 saturated heterocycles. The number of hydrogen-bond acceptors (Lipinski definition) is 3. The summed E-state index contributed by atoms with van der Waals surface area (Å²) in [7, 11) is 0. The molecule has 0 unspecified atom stereocenters. The van der Waals surface area contributed by atoms with Crippen molar-refractivity contribution in [2.45, 2.75) is 32.6 Å². The average Bonchev–Trinajstić information content (AvgIpc) is 3.21. The van der Waals surface area contributed by atoms with Gasteiger partial charge in [0.05, 0.1) is 5.69 Å². The van der Waals surface area contributed by atoms with Crippen molar-refractivity contribution in [2.24, 2.45) is 0 Å². The van der Waals surface area contributed by atoms with Gasteiger partial charge in [0.15, 0.2) is 0 Å². The number of anilines is 2. The summed E-state index contributed by atoms with van der Waals surface area (Å²) in [5, 5.41) is 10.6. The van der Waals surface area contributed by atoms with Crippen molar-refractivity contribution >= 4 is 17.5 Å². The fraction of sp³-hybridized carbons (Fsp3) is 0.185. The molecular formula is C27H29N5OY-2. The molecule has 0 bridgehead atoms. The van der Waals surface area contributed by atoms with Crippen molar-refractivity contribution in [3.63, 3.8) is 0 Å².